The van der Waals surface area contributed by atoms with Gasteiger partial charge in [-0.15, -0.1) is 0 Å². The number of anilines is 2. The van der Waals surface area contributed by atoms with Crippen molar-refractivity contribution in [2.24, 2.45) is 0 Å². The standard InChI is InChI=1S/C18H24F3N3O3/c1-12(16-3-2-8-27-16)22-17(25)23-15-5-4-13(11-14(15)18(19,20)21)24-6-9-26-10-7-24/h4-5,11-12,16H,2-3,6-10H2,1H3,(H2,22,23,25)/t12-,16+/m1/s1. The molecule has 1 aromatic carbocycles. The van der Waals surface area contributed by atoms with Crippen molar-refractivity contribution >= 4 is 17.4 Å². The fraction of sp³-hybridized carbons (Fsp3) is 0.611. The van der Waals surface area contributed by atoms with Crippen molar-refractivity contribution in [2.75, 3.05) is 43.1 Å². The Hall–Kier alpha value is -2.00. The number of carbonyl (C=O) groups excluding carboxylic acids is 1. The van der Waals surface area contributed by atoms with Gasteiger partial charge in [0.1, 0.15) is 0 Å². The minimum atomic E-state index is -4.58. The van der Waals surface area contributed by atoms with Crippen LogP contribution in [-0.4, -0.2) is 51.1 Å². The van der Waals surface area contributed by atoms with Crippen molar-refractivity contribution in [1.82, 2.24) is 5.32 Å². The normalized spacial score (nSPS) is 21.8. The van der Waals surface area contributed by atoms with Gasteiger partial charge in [-0.05, 0) is 38.0 Å². The minimum absolute atomic E-state index is 0.110. The van der Waals surface area contributed by atoms with Gasteiger partial charge in [-0.1, -0.05) is 0 Å². The van der Waals surface area contributed by atoms with Crippen LogP contribution in [0.25, 0.3) is 0 Å². The summed E-state index contributed by atoms with van der Waals surface area (Å²) in [5, 5.41) is 4.99. The van der Waals surface area contributed by atoms with Gasteiger partial charge in [0, 0.05) is 25.4 Å². The number of nitrogens with one attached hydrogen (secondary N) is 2. The van der Waals surface area contributed by atoms with E-state index in [4.69, 9.17) is 9.47 Å². The van der Waals surface area contributed by atoms with Gasteiger partial charge in [0.2, 0.25) is 0 Å². The molecule has 27 heavy (non-hydrogen) atoms. The van der Waals surface area contributed by atoms with Crippen molar-refractivity contribution in [1.29, 1.82) is 0 Å². The second-order valence-corrected chi connectivity index (χ2v) is 6.77. The molecule has 9 heteroatoms. The molecular weight excluding hydrogens is 363 g/mol. The van der Waals surface area contributed by atoms with E-state index >= 15 is 0 Å². The van der Waals surface area contributed by atoms with Crippen LogP contribution in [0.5, 0.6) is 0 Å². The van der Waals surface area contributed by atoms with E-state index in [1.165, 1.54) is 6.07 Å². The maximum absolute atomic E-state index is 13.5. The zero-order chi connectivity index (χ0) is 19.4. The number of hydrogen-bond acceptors (Lipinski definition) is 4. The number of carbonyl (C=O) groups is 1. The molecule has 2 aliphatic rings. The Kier molecular flexibility index (Phi) is 6.11. The fourth-order valence-corrected chi connectivity index (χ4v) is 3.35. The third kappa shape index (κ3) is 5.04. The van der Waals surface area contributed by atoms with E-state index in [1.54, 1.807) is 13.0 Å². The summed E-state index contributed by atoms with van der Waals surface area (Å²) in [7, 11) is 0. The van der Waals surface area contributed by atoms with Gasteiger partial charge in [0.05, 0.1) is 36.6 Å². The first-order valence-corrected chi connectivity index (χ1v) is 9.07. The van der Waals surface area contributed by atoms with Gasteiger partial charge in [-0.2, -0.15) is 13.2 Å². The monoisotopic (exact) mass is 387 g/mol. The van der Waals surface area contributed by atoms with E-state index in [0.717, 1.165) is 18.9 Å². The van der Waals surface area contributed by atoms with Crippen LogP contribution in [0.15, 0.2) is 18.2 Å². The number of halogens is 3. The highest BCUT2D eigenvalue weighted by molar-refractivity contribution is 5.90. The zero-order valence-corrected chi connectivity index (χ0v) is 15.1. The van der Waals surface area contributed by atoms with Crippen LogP contribution in [0.3, 0.4) is 0 Å². The molecule has 150 valence electrons. The van der Waals surface area contributed by atoms with E-state index in [0.29, 0.717) is 38.6 Å². The molecule has 0 aromatic heterocycles. The number of nitrogens with zero attached hydrogens (tertiary/aromatic N) is 1. The van der Waals surface area contributed by atoms with Gasteiger partial charge in [-0.25, -0.2) is 4.79 Å². The maximum Gasteiger partial charge on any atom is 0.418 e. The Balaban J connectivity index is 1.72. The Morgan fingerprint density at radius 2 is 2.00 bits per heavy atom. The van der Waals surface area contributed by atoms with Crippen molar-refractivity contribution < 1.29 is 27.4 Å². The molecule has 6 nitrogen and oxygen atoms in total. The molecular formula is C18H24F3N3O3. The largest absolute Gasteiger partial charge is 0.418 e. The van der Waals surface area contributed by atoms with Crippen LogP contribution in [0.4, 0.5) is 29.3 Å². The summed E-state index contributed by atoms with van der Waals surface area (Å²) in [6.45, 7) is 4.43. The van der Waals surface area contributed by atoms with Crippen molar-refractivity contribution in [3.63, 3.8) is 0 Å². The number of urea groups is 1. The van der Waals surface area contributed by atoms with Crippen LogP contribution in [0, 0.1) is 0 Å². The summed E-state index contributed by atoms with van der Waals surface area (Å²) in [5.41, 5.74) is -0.674. The molecule has 2 atom stereocenters. The lowest BCUT2D eigenvalue weighted by molar-refractivity contribution is -0.136. The van der Waals surface area contributed by atoms with Gasteiger partial charge in [-0.3, -0.25) is 0 Å². The molecule has 0 radical (unpaired) electrons. The zero-order valence-electron chi connectivity index (χ0n) is 15.1. The predicted octanol–water partition coefficient (Wildman–Crippen LogP) is 3.23. The highest BCUT2D eigenvalue weighted by Crippen LogP contribution is 2.37. The minimum Gasteiger partial charge on any atom is -0.378 e. The number of ether oxygens (including phenoxy) is 2. The third-order valence-corrected chi connectivity index (χ3v) is 4.81. The van der Waals surface area contributed by atoms with Crippen LogP contribution in [0.2, 0.25) is 0 Å². The fourth-order valence-electron chi connectivity index (χ4n) is 3.35. The molecule has 0 saturated carbocycles. The van der Waals surface area contributed by atoms with Gasteiger partial charge in [0.15, 0.2) is 0 Å². The number of morpholine rings is 1. The summed E-state index contributed by atoms with van der Waals surface area (Å²) in [4.78, 5) is 14.0. The lowest BCUT2D eigenvalue weighted by Gasteiger charge is -2.30. The first-order chi connectivity index (χ1) is 12.8. The van der Waals surface area contributed by atoms with Crippen LogP contribution < -0.4 is 15.5 Å². The van der Waals surface area contributed by atoms with Crippen LogP contribution in [-0.2, 0) is 15.7 Å². The molecule has 2 fully saturated rings. The van der Waals surface area contributed by atoms with Crippen molar-refractivity contribution in [3.8, 4) is 0 Å². The molecule has 0 unspecified atom stereocenters. The summed E-state index contributed by atoms with van der Waals surface area (Å²) < 4.78 is 51.3. The second-order valence-electron chi connectivity index (χ2n) is 6.77. The third-order valence-electron chi connectivity index (χ3n) is 4.81. The average molecular weight is 387 g/mol. The molecule has 1 aromatic rings. The smallest absolute Gasteiger partial charge is 0.378 e. The molecule has 2 amide bonds. The molecule has 0 bridgehead atoms. The lowest BCUT2D eigenvalue weighted by atomic mass is 10.1. The highest BCUT2D eigenvalue weighted by Gasteiger charge is 2.35. The van der Waals surface area contributed by atoms with E-state index in [2.05, 4.69) is 10.6 Å². The van der Waals surface area contributed by atoms with E-state index in [1.807, 2.05) is 4.90 Å². The lowest BCUT2D eigenvalue weighted by Crippen LogP contribution is -2.43. The van der Waals surface area contributed by atoms with E-state index in [-0.39, 0.29) is 17.8 Å². The molecule has 2 saturated heterocycles. The van der Waals surface area contributed by atoms with Crippen LogP contribution >= 0.6 is 0 Å². The number of hydrogen-bond donors (Lipinski definition) is 2. The Morgan fingerprint density at radius 3 is 2.63 bits per heavy atom. The Morgan fingerprint density at radius 1 is 1.26 bits per heavy atom. The summed E-state index contributed by atoms with van der Waals surface area (Å²) in [6.07, 6.45) is -2.95. The predicted molar refractivity (Wildman–Crippen MR) is 95.1 cm³/mol. The summed E-state index contributed by atoms with van der Waals surface area (Å²) >= 11 is 0. The van der Waals surface area contributed by atoms with Gasteiger partial charge >= 0.3 is 12.2 Å². The van der Waals surface area contributed by atoms with Gasteiger partial charge < -0.3 is 25.0 Å². The molecule has 0 spiro atoms. The number of amides is 2. The summed E-state index contributed by atoms with van der Waals surface area (Å²) in [6, 6.07) is 2.99. The first-order valence-electron chi connectivity index (χ1n) is 9.07. The topological polar surface area (TPSA) is 62.8 Å². The van der Waals surface area contributed by atoms with Gasteiger partial charge in [0.25, 0.3) is 0 Å². The second kappa shape index (κ2) is 8.35. The maximum atomic E-state index is 13.5. The molecule has 3 rings (SSSR count). The van der Waals surface area contributed by atoms with Crippen molar-refractivity contribution in [3.05, 3.63) is 23.8 Å². The molecule has 2 N–H and O–H groups in total. The quantitative estimate of drug-likeness (QED) is 0.833. The molecule has 0 aliphatic carbocycles. The highest BCUT2D eigenvalue weighted by atomic mass is 19.4. The van der Waals surface area contributed by atoms with Crippen molar-refractivity contribution in [2.45, 2.75) is 38.1 Å². The molecule has 2 aliphatic heterocycles. The van der Waals surface area contributed by atoms with E-state index < -0.39 is 17.8 Å². The average Bonchev–Trinajstić information content (AvgIpc) is 3.16. The van der Waals surface area contributed by atoms with E-state index in [9.17, 15) is 18.0 Å². The first kappa shape index (κ1) is 19.8. The Bertz CT molecular complexity index is 657. The number of benzene rings is 1. The molecule has 2 heterocycles. The number of rotatable bonds is 4. The SMILES string of the molecule is C[C@@H](NC(=O)Nc1ccc(N2CCOCC2)cc1C(F)(F)F)[C@@H]1CCCO1. The number of alkyl halides is 3. The van der Waals surface area contributed by atoms with Crippen LogP contribution in [0.1, 0.15) is 25.3 Å². The Labute approximate surface area is 156 Å². The summed E-state index contributed by atoms with van der Waals surface area (Å²) in [5.74, 6) is 0.